The average Bonchev–Trinajstić information content (AvgIpc) is 3.30. The van der Waals surface area contributed by atoms with Crippen molar-refractivity contribution in [3.63, 3.8) is 0 Å². The molecule has 2 atom stereocenters. The van der Waals surface area contributed by atoms with Crippen molar-refractivity contribution in [2.45, 2.75) is 58.5 Å². The van der Waals surface area contributed by atoms with Gasteiger partial charge in [-0.05, 0) is 66.5 Å². The van der Waals surface area contributed by atoms with E-state index in [1.807, 2.05) is 38.1 Å². The highest BCUT2D eigenvalue weighted by Gasteiger charge is 2.32. The fourth-order valence-corrected chi connectivity index (χ4v) is 4.55. The second kappa shape index (κ2) is 10.9. The molecule has 4 nitrogen and oxygen atoms in total. The molecule has 0 aromatic heterocycles. The Balaban J connectivity index is 0.00000141. The summed E-state index contributed by atoms with van der Waals surface area (Å²) in [5, 5.41) is 9.47. The summed E-state index contributed by atoms with van der Waals surface area (Å²) in [6, 6.07) is 22.0. The Kier molecular flexibility index (Phi) is 7.93. The number of hydrogen-bond acceptors (Lipinski definition) is 3. The minimum absolute atomic E-state index is 0.183. The van der Waals surface area contributed by atoms with Crippen molar-refractivity contribution >= 4 is 11.7 Å². The van der Waals surface area contributed by atoms with Crippen LogP contribution in [0.3, 0.4) is 0 Å². The molecule has 168 valence electrons. The third-order valence-electron chi connectivity index (χ3n) is 6.05. The lowest BCUT2D eigenvalue weighted by atomic mass is 9.82. The largest absolute Gasteiger partial charge is 0.489 e. The van der Waals surface area contributed by atoms with E-state index in [2.05, 4.69) is 37.3 Å². The number of hydrogen-bond donors (Lipinski definition) is 2. The zero-order valence-corrected chi connectivity index (χ0v) is 19.2. The molecule has 0 bridgehead atoms. The quantitative estimate of drug-likeness (QED) is 0.415. The summed E-state index contributed by atoms with van der Waals surface area (Å²) in [7, 11) is 0. The van der Waals surface area contributed by atoms with Crippen LogP contribution in [-0.4, -0.2) is 11.1 Å². The van der Waals surface area contributed by atoms with E-state index in [0.29, 0.717) is 18.2 Å². The molecule has 4 heteroatoms. The van der Waals surface area contributed by atoms with Crippen molar-refractivity contribution < 1.29 is 14.6 Å². The Bertz CT molecular complexity index is 1050. The standard InChI is InChI=1S/C26H27NO3.C2H6/c1-17-10-13-25(30-16-18-6-3-2-4-7-18)22(14-17)21-9-5-8-20(21)19-11-12-24(27)23(15-19)26(28)29;1-2/h2-4,6-7,10-15,20-21H,5,8-9,16,27H2,1H3,(H,28,29);1-2H3. The van der Waals surface area contributed by atoms with E-state index in [-0.39, 0.29) is 11.5 Å². The fraction of sp³-hybridized carbons (Fsp3) is 0.321. The first-order valence-corrected chi connectivity index (χ1v) is 11.4. The first-order valence-electron chi connectivity index (χ1n) is 11.4. The van der Waals surface area contributed by atoms with Gasteiger partial charge in [0.15, 0.2) is 0 Å². The lowest BCUT2D eigenvalue weighted by molar-refractivity contribution is 0.0698. The molecule has 3 aromatic carbocycles. The maximum absolute atomic E-state index is 11.6. The van der Waals surface area contributed by atoms with Gasteiger partial charge in [-0.1, -0.05) is 74.4 Å². The molecule has 0 aliphatic heterocycles. The summed E-state index contributed by atoms with van der Waals surface area (Å²) < 4.78 is 6.24. The summed E-state index contributed by atoms with van der Waals surface area (Å²) in [4.78, 5) is 11.6. The number of carbonyl (C=O) groups is 1. The average molecular weight is 432 g/mol. The normalized spacial score (nSPS) is 17.3. The summed E-state index contributed by atoms with van der Waals surface area (Å²) >= 11 is 0. The van der Waals surface area contributed by atoms with E-state index < -0.39 is 5.97 Å². The van der Waals surface area contributed by atoms with Gasteiger partial charge in [-0.15, -0.1) is 0 Å². The smallest absolute Gasteiger partial charge is 0.337 e. The van der Waals surface area contributed by atoms with Crippen LogP contribution in [-0.2, 0) is 6.61 Å². The van der Waals surface area contributed by atoms with Gasteiger partial charge < -0.3 is 15.6 Å². The van der Waals surface area contributed by atoms with Gasteiger partial charge in [0.25, 0.3) is 0 Å². The molecular weight excluding hydrogens is 398 g/mol. The van der Waals surface area contributed by atoms with Crippen LogP contribution in [0.4, 0.5) is 5.69 Å². The number of benzene rings is 3. The molecule has 3 N–H and O–H groups in total. The molecule has 0 spiro atoms. The van der Waals surface area contributed by atoms with Crippen LogP contribution in [0.1, 0.15) is 77.6 Å². The van der Waals surface area contributed by atoms with Gasteiger partial charge in [-0.25, -0.2) is 4.79 Å². The number of anilines is 1. The SMILES string of the molecule is CC.Cc1ccc(OCc2ccccc2)c(C2CCCC2c2ccc(N)c(C(=O)O)c2)c1. The van der Waals surface area contributed by atoms with Gasteiger partial charge in [0.2, 0.25) is 0 Å². The van der Waals surface area contributed by atoms with E-state index in [0.717, 1.165) is 36.1 Å². The van der Waals surface area contributed by atoms with Crippen LogP contribution in [0.2, 0.25) is 0 Å². The molecule has 3 aromatic rings. The number of aryl methyl sites for hydroxylation is 1. The van der Waals surface area contributed by atoms with Crippen LogP contribution in [0, 0.1) is 6.92 Å². The first kappa shape index (κ1) is 23.4. The van der Waals surface area contributed by atoms with Gasteiger partial charge in [-0.3, -0.25) is 0 Å². The summed E-state index contributed by atoms with van der Waals surface area (Å²) in [6.45, 7) is 6.62. The summed E-state index contributed by atoms with van der Waals surface area (Å²) in [6.07, 6.45) is 3.19. The molecule has 1 fully saturated rings. The lowest BCUT2D eigenvalue weighted by Gasteiger charge is -2.24. The molecule has 0 heterocycles. The zero-order chi connectivity index (χ0) is 23.1. The predicted octanol–water partition coefficient (Wildman–Crippen LogP) is 6.93. The van der Waals surface area contributed by atoms with Crippen molar-refractivity contribution in [2.24, 2.45) is 0 Å². The number of carboxylic acids is 1. The van der Waals surface area contributed by atoms with E-state index in [9.17, 15) is 9.90 Å². The highest BCUT2D eigenvalue weighted by atomic mass is 16.5. The molecule has 4 rings (SSSR count). The van der Waals surface area contributed by atoms with Crippen molar-refractivity contribution in [1.29, 1.82) is 0 Å². The molecular formula is C28H33NO3. The second-order valence-electron chi connectivity index (χ2n) is 8.11. The van der Waals surface area contributed by atoms with Crippen LogP contribution in [0.5, 0.6) is 5.75 Å². The van der Waals surface area contributed by atoms with E-state index in [1.165, 1.54) is 11.1 Å². The van der Waals surface area contributed by atoms with Crippen LogP contribution in [0.25, 0.3) is 0 Å². The van der Waals surface area contributed by atoms with Crippen LogP contribution >= 0.6 is 0 Å². The van der Waals surface area contributed by atoms with E-state index in [4.69, 9.17) is 10.5 Å². The topological polar surface area (TPSA) is 72.5 Å². The zero-order valence-electron chi connectivity index (χ0n) is 19.2. The third-order valence-corrected chi connectivity index (χ3v) is 6.05. The number of carboxylic acid groups (broad SMARTS) is 1. The Morgan fingerprint density at radius 3 is 2.44 bits per heavy atom. The molecule has 0 amide bonds. The minimum Gasteiger partial charge on any atom is -0.489 e. The number of ether oxygens (including phenoxy) is 1. The monoisotopic (exact) mass is 431 g/mol. The maximum atomic E-state index is 11.6. The summed E-state index contributed by atoms with van der Waals surface area (Å²) in [5.41, 5.74) is 11.0. The van der Waals surface area contributed by atoms with Gasteiger partial charge in [0, 0.05) is 5.69 Å². The Labute approximate surface area is 191 Å². The van der Waals surface area contributed by atoms with Crippen molar-refractivity contribution in [3.8, 4) is 5.75 Å². The Morgan fingerprint density at radius 1 is 1.00 bits per heavy atom. The van der Waals surface area contributed by atoms with Crippen LogP contribution < -0.4 is 10.5 Å². The Morgan fingerprint density at radius 2 is 1.72 bits per heavy atom. The van der Waals surface area contributed by atoms with E-state index in [1.54, 1.807) is 12.1 Å². The van der Waals surface area contributed by atoms with Crippen molar-refractivity contribution in [3.05, 3.63) is 94.5 Å². The second-order valence-corrected chi connectivity index (χ2v) is 8.11. The minimum atomic E-state index is -0.980. The third kappa shape index (κ3) is 5.31. The lowest BCUT2D eigenvalue weighted by Crippen LogP contribution is -2.10. The highest BCUT2D eigenvalue weighted by molar-refractivity contribution is 5.93. The Hall–Kier alpha value is -3.27. The number of aromatic carboxylic acids is 1. The highest BCUT2D eigenvalue weighted by Crippen LogP contribution is 2.49. The molecule has 1 aliphatic rings. The molecule has 32 heavy (non-hydrogen) atoms. The molecule has 0 radical (unpaired) electrons. The predicted molar refractivity (Wildman–Crippen MR) is 130 cm³/mol. The number of nitrogen functional groups attached to an aromatic ring is 1. The molecule has 0 saturated heterocycles. The first-order chi connectivity index (χ1) is 15.5. The van der Waals surface area contributed by atoms with Gasteiger partial charge >= 0.3 is 5.97 Å². The van der Waals surface area contributed by atoms with E-state index >= 15 is 0 Å². The maximum Gasteiger partial charge on any atom is 0.337 e. The molecule has 1 aliphatic carbocycles. The fourth-order valence-electron chi connectivity index (χ4n) is 4.55. The van der Waals surface area contributed by atoms with Gasteiger partial charge in [0.1, 0.15) is 12.4 Å². The van der Waals surface area contributed by atoms with Gasteiger partial charge in [-0.2, -0.15) is 0 Å². The van der Waals surface area contributed by atoms with Crippen molar-refractivity contribution in [2.75, 3.05) is 5.73 Å². The molecule has 2 unspecified atom stereocenters. The number of nitrogens with two attached hydrogens (primary N) is 1. The summed E-state index contributed by atoms with van der Waals surface area (Å²) in [5.74, 6) is 0.479. The van der Waals surface area contributed by atoms with Crippen molar-refractivity contribution in [1.82, 2.24) is 0 Å². The molecule has 1 saturated carbocycles. The number of rotatable bonds is 6. The van der Waals surface area contributed by atoms with Gasteiger partial charge in [0.05, 0.1) is 5.56 Å². The van der Waals surface area contributed by atoms with Crippen LogP contribution in [0.15, 0.2) is 66.7 Å².